The van der Waals surface area contributed by atoms with Crippen LogP contribution in [0.4, 0.5) is 5.00 Å². The molecule has 3 fully saturated rings. The second kappa shape index (κ2) is 7.42. The van der Waals surface area contributed by atoms with Crippen molar-refractivity contribution >= 4 is 28.2 Å². The minimum Gasteiger partial charge on any atom is -0.274 e. The number of aryl methyl sites for hydroxylation is 1. The molecular weight excluding hydrogens is 416 g/mol. The van der Waals surface area contributed by atoms with Crippen molar-refractivity contribution in [2.45, 2.75) is 53.4 Å². The molecule has 2 aromatic rings. The van der Waals surface area contributed by atoms with Gasteiger partial charge in [0.1, 0.15) is 11.1 Å². The third-order valence-electron chi connectivity index (χ3n) is 7.68. The summed E-state index contributed by atoms with van der Waals surface area (Å²) in [5, 5.41) is 10.6. The molecule has 4 nitrogen and oxygen atoms in total. The number of imide groups is 1. The van der Waals surface area contributed by atoms with E-state index in [0.717, 1.165) is 28.8 Å². The molecule has 4 atom stereocenters. The Balaban J connectivity index is 1.57. The van der Waals surface area contributed by atoms with Gasteiger partial charge in [-0.25, -0.2) is 4.90 Å². The number of thiophene rings is 1. The second-order valence-corrected chi connectivity index (χ2v) is 11.1. The van der Waals surface area contributed by atoms with Crippen LogP contribution in [0.15, 0.2) is 35.4 Å². The zero-order chi connectivity index (χ0) is 22.9. The number of rotatable bonds is 3. The Kier molecular flexibility index (Phi) is 4.90. The number of nitrogens with zero attached hydrogens (tertiary/aromatic N) is 2. The zero-order valence-corrected chi connectivity index (χ0v) is 20.0. The first-order valence-electron chi connectivity index (χ1n) is 11.4. The molecule has 0 N–H and O–H groups in total. The number of carbonyl (C=O) groups excluding carboxylic acids is 2. The molecule has 32 heavy (non-hydrogen) atoms. The highest BCUT2D eigenvalue weighted by atomic mass is 32.1. The fraction of sp³-hybridized carbons (Fsp3) is 0.444. The lowest BCUT2D eigenvalue weighted by molar-refractivity contribution is -0.122. The number of fused-ring (bicyclic) bond motifs is 5. The SMILES string of the molecule is CC(C)=C1C2CCC1C1C(=O)N(c3sc(C)c(-c4ccc(C(C)C)cc4)c3C#N)C(=O)C21. The van der Waals surface area contributed by atoms with Gasteiger partial charge in [-0.3, -0.25) is 9.59 Å². The van der Waals surface area contributed by atoms with E-state index in [-0.39, 0.29) is 35.5 Å². The molecule has 4 unspecified atom stereocenters. The first-order chi connectivity index (χ1) is 15.3. The average Bonchev–Trinajstić information content (AvgIpc) is 3.47. The quantitative estimate of drug-likeness (QED) is 0.418. The van der Waals surface area contributed by atoms with E-state index in [1.807, 2.05) is 19.1 Å². The predicted molar refractivity (Wildman–Crippen MR) is 127 cm³/mol. The molecule has 1 aliphatic heterocycles. The Labute approximate surface area is 193 Å². The third kappa shape index (κ3) is 2.79. The van der Waals surface area contributed by atoms with Crippen LogP contribution < -0.4 is 4.90 Å². The largest absolute Gasteiger partial charge is 0.274 e. The maximum atomic E-state index is 13.6. The Morgan fingerprint density at radius 1 is 1.06 bits per heavy atom. The molecule has 2 bridgehead atoms. The molecule has 2 saturated carbocycles. The van der Waals surface area contributed by atoms with E-state index in [1.54, 1.807) is 0 Å². The minimum absolute atomic E-state index is 0.106. The molecule has 1 aromatic carbocycles. The number of carbonyl (C=O) groups is 2. The van der Waals surface area contributed by atoms with Gasteiger partial charge in [-0.05, 0) is 62.5 Å². The van der Waals surface area contributed by atoms with Crippen molar-refractivity contribution in [1.82, 2.24) is 0 Å². The molecule has 2 heterocycles. The molecule has 2 amide bonds. The highest BCUT2D eigenvalue weighted by Gasteiger charge is 2.64. The van der Waals surface area contributed by atoms with Crippen molar-refractivity contribution in [2.75, 3.05) is 4.90 Å². The molecule has 0 radical (unpaired) electrons. The molecule has 5 rings (SSSR count). The maximum absolute atomic E-state index is 13.6. The number of benzene rings is 1. The Morgan fingerprint density at radius 2 is 1.62 bits per heavy atom. The van der Waals surface area contributed by atoms with Crippen LogP contribution in [0, 0.1) is 41.9 Å². The Bertz CT molecular complexity index is 1180. The van der Waals surface area contributed by atoms with E-state index >= 15 is 0 Å². The molecule has 1 saturated heterocycles. The van der Waals surface area contributed by atoms with Crippen LogP contribution >= 0.6 is 11.3 Å². The molecule has 164 valence electrons. The molecule has 2 aliphatic carbocycles. The lowest BCUT2D eigenvalue weighted by Crippen LogP contribution is -2.33. The van der Waals surface area contributed by atoms with Crippen molar-refractivity contribution in [1.29, 1.82) is 5.26 Å². The van der Waals surface area contributed by atoms with Crippen molar-refractivity contribution in [3.63, 3.8) is 0 Å². The van der Waals surface area contributed by atoms with Crippen LogP contribution in [0.3, 0.4) is 0 Å². The van der Waals surface area contributed by atoms with Crippen LogP contribution in [0.1, 0.15) is 62.5 Å². The van der Waals surface area contributed by atoms with Gasteiger partial charge in [-0.1, -0.05) is 49.3 Å². The van der Waals surface area contributed by atoms with E-state index in [4.69, 9.17) is 0 Å². The fourth-order valence-electron chi connectivity index (χ4n) is 6.37. The maximum Gasteiger partial charge on any atom is 0.239 e. The summed E-state index contributed by atoms with van der Waals surface area (Å²) in [4.78, 5) is 29.5. The summed E-state index contributed by atoms with van der Waals surface area (Å²) in [5.41, 5.74) is 6.08. The summed E-state index contributed by atoms with van der Waals surface area (Å²) < 4.78 is 0. The van der Waals surface area contributed by atoms with Gasteiger partial charge < -0.3 is 0 Å². The van der Waals surface area contributed by atoms with Crippen LogP contribution in [0.5, 0.6) is 0 Å². The van der Waals surface area contributed by atoms with Crippen LogP contribution in [0.2, 0.25) is 0 Å². The topological polar surface area (TPSA) is 61.2 Å². The smallest absolute Gasteiger partial charge is 0.239 e. The normalized spacial score (nSPS) is 26.3. The Morgan fingerprint density at radius 3 is 2.09 bits per heavy atom. The van der Waals surface area contributed by atoms with Gasteiger partial charge in [-0.2, -0.15) is 5.26 Å². The molecule has 0 spiro atoms. The van der Waals surface area contributed by atoms with E-state index in [1.165, 1.54) is 32.9 Å². The average molecular weight is 445 g/mol. The van der Waals surface area contributed by atoms with Gasteiger partial charge in [0.2, 0.25) is 11.8 Å². The lowest BCUT2D eigenvalue weighted by Gasteiger charge is -2.18. The van der Waals surface area contributed by atoms with Gasteiger partial charge in [0.05, 0.1) is 17.4 Å². The minimum atomic E-state index is -0.256. The van der Waals surface area contributed by atoms with Gasteiger partial charge in [0.25, 0.3) is 0 Å². The monoisotopic (exact) mass is 444 g/mol. The third-order valence-corrected chi connectivity index (χ3v) is 8.77. The predicted octanol–water partition coefficient (Wildman–Crippen LogP) is 6.20. The number of amides is 2. The number of nitriles is 1. The summed E-state index contributed by atoms with van der Waals surface area (Å²) in [5.74, 6) is 0.0784. The van der Waals surface area contributed by atoms with Gasteiger partial charge in [0.15, 0.2) is 0 Å². The highest BCUT2D eigenvalue weighted by molar-refractivity contribution is 7.17. The molecule has 5 heteroatoms. The van der Waals surface area contributed by atoms with E-state index in [0.29, 0.717) is 16.5 Å². The van der Waals surface area contributed by atoms with Crippen molar-refractivity contribution in [3.8, 4) is 17.2 Å². The van der Waals surface area contributed by atoms with Crippen molar-refractivity contribution in [3.05, 3.63) is 51.4 Å². The van der Waals surface area contributed by atoms with Gasteiger partial charge in [-0.15, -0.1) is 11.3 Å². The second-order valence-electron chi connectivity index (χ2n) is 9.91. The number of allylic oxidation sites excluding steroid dienone is 2. The van der Waals surface area contributed by atoms with Gasteiger partial charge >= 0.3 is 0 Å². The fourth-order valence-corrected chi connectivity index (χ4v) is 7.50. The summed E-state index contributed by atoms with van der Waals surface area (Å²) in [6, 6.07) is 10.6. The standard InChI is InChI=1S/C27H28N2O2S/c1-13(2)16-6-8-17(9-7-16)22-15(5)32-27(20(22)12-28)29-25(30)23-18-10-11-19(21(18)14(3)4)24(23)26(29)31/h6-9,13,18-19,23-24H,10-11H2,1-5H3. The molecule has 1 aromatic heterocycles. The molecular formula is C27H28N2O2S. The number of hydrogen-bond donors (Lipinski definition) is 0. The summed E-state index contributed by atoms with van der Waals surface area (Å²) in [6.45, 7) is 10.5. The first kappa shape index (κ1) is 21.2. The first-order valence-corrected chi connectivity index (χ1v) is 12.3. The van der Waals surface area contributed by atoms with Crippen molar-refractivity contribution < 1.29 is 9.59 Å². The van der Waals surface area contributed by atoms with Gasteiger partial charge in [0, 0.05) is 10.4 Å². The van der Waals surface area contributed by atoms with E-state index in [9.17, 15) is 14.9 Å². The highest BCUT2D eigenvalue weighted by Crippen LogP contribution is 2.61. The number of hydrogen-bond acceptors (Lipinski definition) is 4. The van der Waals surface area contributed by atoms with Crippen LogP contribution in [0.25, 0.3) is 11.1 Å². The summed E-state index contributed by atoms with van der Waals surface area (Å²) in [7, 11) is 0. The van der Waals surface area contributed by atoms with E-state index in [2.05, 4.69) is 45.9 Å². The molecule has 3 aliphatic rings. The summed E-state index contributed by atoms with van der Waals surface area (Å²) >= 11 is 1.39. The van der Waals surface area contributed by atoms with Crippen molar-refractivity contribution in [2.24, 2.45) is 23.7 Å². The van der Waals surface area contributed by atoms with Crippen LogP contribution in [-0.4, -0.2) is 11.8 Å². The summed E-state index contributed by atoms with van der Waals surface area (Å²) in [6.07, 6.45) is 1.97. The van der Waals surface area contributed by atoms with E-state index < -0.39 is 0 Å². The Hall–Kier alpha value is -2.71. The number of anilines is 1. The van der Waals surface area contributed by atoms with Crippen LogP contribution in [-0.2, 0) is 9.59 Å². The zero-order valence-electron chi connectivity index (χ0n) is 19.2. The lowest BCUT2D eigenvalue weighted by atomic mass is 9.81.